The smallest absolute Gasteiger partial charge is 0.267 e. The number of likely N-dealkylation sites (N-methyl/N-ethyl adjacent to an activating group) is 1. The highest BCUT2D eigenvalue weighted by molar-refractivity contribution is 5.92. The molecule has 7 nitrogen and oxygen atoms in total. The molecule has 1 aliphatic rings. The highest BCUT2D eigenvalue weighted by atomic mass is 16.3. The lowest BCUT2D eigenvalue weighted by molar-refractivity contribution is -0.137. The van der Waals surface area contributed by atoms with Crippen LogP contribution in [0, 0.1) is 11.8 Å². The number of hydrogen-bond acceptors (Lipinski definition) is 5. The molecule has 1 atom stereocenters. The average molecular weight is 350 g/mol. The van der Waals surface area contributed by atoms with Gasteiger partial charge in [-0.15, -0.1) is 0 Å². The molecule has 2 heterocycles. The molecule has 0 spiro atoms. The minimum atomic E-state index is -1.65. The Kier molecular flexibility index (Phi) is 4.36. The summed E-state index contributed by atoms with van der Waals surface area (Å²) in [6, 6.07) is 10.1. The lowest BCUT2D eigenvalue weighted by atomic mass is 10.0. The lowest BCUT2D eigenvalue weighted by Gasteiger charge is -2.13. The lowest BCUT2D eigenvalue weighted by Crippen LogP contribution is -2.37. The van der Waals surface area contributed by atoms with Gasteiger partial charge in [-0.2, -0.15) is 0 Å². The van der Waals surface area contributed by atoms with Crippen LogP contribution in [0.4, 0.5) is 5.69 Å². The van der Waals surface area contributed by atoms with Gasteiger partial charge in [-0.25, -0.2) is 4.98 Å². The van der Waals surface area contributed by atoms with Gasteiger partial charge in [0.1, 0.15) is 5.69 Å². The minimum absolute atomic E-state index is 0.0744. The first-order chi connectivity index (χ1) is 12.3. The third kappa shape index (κ3) is 3.36. The maximum atomic E-state index is 12.0. The number of carbonyl (C=O) groups excluding carboxylic acids is 2. The molecule has 26 heavy (non-hydrogen) atoms. The highest BCUT2D eigenvalue weighted by Gasteiger charge is 2.42. The number of nitrogens with two attached hydrogens (primary N) is 2. The van der Waals surface area contributed by atoms with E-state index in [2.05, 4.69) is 16.8 Å². The van der Waals surface area contributed by atoms with E-state index in [9.17, 15) is 14.7 Å². The molecule has 5 N–H and O–H groups in total. The van der Waals surface area contributed by atoms with Gasteiger partial charge in [0, 0.05) is 36.8 Å². The van der Waals surface area contributed by atoms with E-state index in [4.69, 9.17) is 11.5 Å². The molecule has 0 aliphatic carbocycles. The van der Waals surface area contributed by atoms with Crippen molar-refractivity contribution in [3.8, 4) is 23.1 Å². The molecule has 7 heteroatoms. The van der Waals surface area contributed by atoms with Crippen molar-refractivity contribution in [2.75, 3.05) is 19.3 Å². The van der Waals surface area contributed by atoms with Gasteiger partial charge in [-0.1, -0.05) is 24.0 Å². The molecule has 0 saturated carbocycles. The molecule has 3 rings (SSSR count). The summed E-state index contributed by atoms with van der Waals surface area (Å²) >= 11 is 0. The standard InChI is InChI=1S/C19H18N4O3/c1-23-8-7-19(26,18(23)25)6-5-12-3-2-4-13(9-12)15-10-14(20)11-16(22-15)17(21)24/h2-4,9-11,26H,7-8H2,1H3,(H2,20,22)(H2,21,24). The number of nitrogens with zero attached hydrogens (tertiary/aromatic N) is 2. The van der Waals surface area contributed by atoms with Crippen LogP contribution in [0.25, 0.3) is 11.3 Å². The number of amides is 2. The summed E-state index contributed by atoms with van der Waals surface area (Å²) in [5, 5.41) is 10.4. The Morgan fingerprint density at radius 3 is 2.77 bits per heavy atom. The Bertz CT molecular complexity index is 961. The number of hydrogen-bond donors (Lipinski definition) is 3. The summed E-state index contributed by atoms with van der Waals surface area (Å²) in [5.41, 5.74) is 11.6. The second kappa shape index (κ2) is 6.50. The molecule has 2 aromatic rings. The van der Waals surface area contributed by atoms with E-state index in [1.54, 1.807) is 37.4 Å². The van der Waals surface area contributed by atoms with E-state index in [-0.39, 0.29) is 12.1 Å². The summed E-state index contributed by atoms with van der Waals surface area (Å²) in [6.45, 7) is 0.465. The largest absolute Gasteiger partial charge is 0.399 e. The van der Waals surface area contributed by atoms with Crippen LogP contribution in [0.3, 0.4) is 0 Å². The zero-order valence-electron chi connectivity index (χ0n) is 14.2. The van der Waals surface area contributed by atoms with Gasteiger partial charge >= 0.3 is 0 Å². The first-order valence-electron chi connectivity index (χ1n) is 7.97. The normalized spacial score (nSPS) is 19.2. The SMILES string of the molecule is CN1CCC(O)(C#Cc2cccc(-c3cc(N)cc(C(N)=O)n3)c2)C1=O. The molecule has 1 aliphatic heterocycles. The molecule has 1 aromatic heterocycles. The van der Waals surface area contributed by atoms with Crippen LogP contribution in [0.15, 0.2) is 36.4 Å². The molecule has 0 bridgehead atoms. The van der Waals surface area contributed by atoms with Crippen LogP contribution < -0.4 is 11.5 Å². The predicted molar refractivity (Wildman–Crippen MR) is 96.7 cm³/mol. The zero-order valence-corrected chi connectivity index (χ0v) is 14.2. The maximum Gasteiger partial charge on any atom is 0.267 e. The molecular formula is C19H18N4O3. The summed E-state index contributed by atoms with van der Waals surface area (Å²) in [7, 11) is 1.63. The predicted octanol–water partition coefficient (Wildman–Crippen LogP) is 0.374. The number of aromatic nitrogens is 1. The zero-order chi connectivity index (χ0) is 18.9. The molecule has 1 aromatic carbocycles. The van der Waals surface area contributed by atoms with Gasteiger partial charge in [0.25, 0.3) is 11.8 Å². The Labute approximate surface area is 150 Å². The van der Waals surface area contributed by atoms with Gasteiger partial charge in [-0.05, 0) is 24.3 Å². The molecule has 1 unspecified atom stereocenters. The Morgan fingerprint density at radius 1 is 1.35 bits per heavy atom. The van der Waals surface area contributed by atoms with Crippen molar-refractivity contribution in [1.82, 2.24) is 9.88 Å². The van der Waals surface area contributed by atoms with Gasteiger partial charge in [0.15, 0.2) is 0 Å². The molecular weight excluding hydrogens is 332 g/mol. The number of carbonyl (C=O) groups is 2. The second-order valence-electron chi connectivity index (χ2n) is 6.20. The number of pyridine rings is 1. The molecule has 0 radical (unpaired) electrons. The van der Waals surface area contributed by atoms with Gasteiger partial charge in [0.05, 0.1) is 5.69 Å². The number of anilines is 1. The summed E-state index contributed by atoms with van der Waals surface area (Å²) in [4.78, 5) is 29.0. The monoisotopic (exact) mass is 350 g/mol. The highest BCUT2D eigenvalue weighted by Crippen LogP contribution is 2.23. The van der Waals surface area contributed by atoms with Crippen LogP contribution in [-0.4, -0.2) is 46.0 Å². The van der Waals surface area contributed by atoms with Gasteiger partial charge < -0.3 is 21.5 Å². The first kappa shape index (κ1) is 17.5. The van der Waals surface area contributed by atoms with Crippen LogP contribution in [0.1, 0.15) is 22.5 Å². The summed E-state index contributed by atoms with van der Waals surface area (Å²) < 4.78 is 0. The van der Waals surface area contributed by atoms with Crippen molar-refractivity contribution in [3.63, 3.8) is 0 Å². The molecule has 1 fully saturated rings. The minimum Gasteiger partial charge on any atom is -0.399 e. The van der Waals surface area contributed by atoms with Crippen molar-refractivity contribution in [1.29, 1.82) is 0 Å². The van der Waals surface area contributed by atoms with Crippen molar-refractivity contribution >= 4 is 17.5 Å². The maximum absolute atomic E-state index is 12.0. The fourth-order valence-electron chi connectivity index (χ4n) is 2.73. The summed E-state index contributed by atoms with van der Waals surface area (Å²) in [5.74, 6) is 4.45. The second-order valence-corrected chi connectivity index (χ2v) is 6.20. The molecule has 1 saturated heterocycles. The number of primary amides is 1. The van der Waals surface area contributed by atoms with E-state index < -0.39 is 17.4 Å². The van der Waals surface area contributed by atoms with Crippen molar-refractivity contribution in [2.24, 2.45) is 5.73 Å². The Hall–Kier alpha value is -3.37. The average Bonchev–Trinajstić information content (AvgIpc) is 2.88. The molecule has 132 valence electrons. The van der Waals surface area contributed by atoms with E-state index in [1.165, 1.54) is 11.0 Å². The van der Waals surface area contributed by atoms with E-state index in [1.807, 2.05) is 0 Å². The number of nitrogen functional groups attached to an aromatic ring is 1. The van der Waals surface area contributed by atoms with Crippen LogP contribution >= 0.6 is 0 Å². The molecule has 2 amide bonds. The Morgan fingerprint density at radius 2 is 2.12 bits per heavy atom. The number of benzene rings is 1. The topological polar surface area (TPSA) is 123 Å². The van der Waals surface area contributed by atoms with Crippen molar-refractivity contribution in [3.05, 3.63) is 47.7 Å². The number of rotatable bonds is 2. The third-order valence-corrected chi connectivity index (χ3v) is 4.18. The Balaban J connectivity index is 1.95. The first-order valence-corrected chi connectivity index (χ1v) is 7.97. The third-order valence-electron chi connectivity index (χ3n) is 4.18. The van der Waals surface area contributed by atoms with E-state index >= 15 is 0 Å². The van der Waals surface area contributed by atoms with Crippen LogP contribution in [0.5, 0.6) is 0 Å². The van der Waals surface area contributed by atoms with Gasteiger partial charge in [0.2, 0.25) is 5.60 Å². The fourth-order valence-corrected chi connectivity index (χ4v) is 2.73. The van der Waals surface area contributed by atoms with Gasteiger partial charge in [-0.3, -0.25) is 9.59 Å². The van der Waals surface area contributed by atoms with E-state index in [0.717, 1.165) is 0 Å². The van der Waals surface area contributed by atoms with Crippen LogP contribution in [0.2, 0.25) is 0 Å². The summed E-state index contributed by atoms with van der Waals surface area (Å²) in [6.07, 6.45) is 0.272. The van der Waals surface area contributed by atoms with Crippen LogP contribution in [-0.2, 0) is 4.79 Å². The van der Waals surface area contributed by atoms with Crippen molar-refractivity contribution < 1.29 is 14.7 Å². The van der Waals surface area contributed by atoms with Crippen molar-refractivity contribution in [2.45, 2.75) is 12.0 Å². The quantitative estimate of drug-likeness (QED) is 0.676. The fraction of sp³-hybridized carbons (Fsp3) is 0.211. The number of aliphatic hydroxyl groups is 1. The number of likely N-dealkylation sites (tertiary alicyclic amines) is 1. The van der Waals surface area contributed by atoms with E-state index in [0.29, 0.717) is 29.1 Å².